The van der Waals surface area contributed by atoms with Gasteiger partial charge in [-0.3, -0.25) is 0 Å². The van der Waals surface area contributed by atoms with Crippen molar-refractivity contribution in [2.45, 2.75) is 11.8 Å². The maximum absolute atomic E-state index is 11.1. The average Bonchev–Trinajstić information content (AvgIpc) is 2.70. The molecule has 1 heterocycles. The third kappa shape index (κ3) is 2.64. The minimum absolute atomic E-state index is 0.0143. The summed E-state index contributed by atoms with van der Waals surface area (Å²) in [6.45, 7) is 1.70. The lowest BCUT2D eigenvalue weighted by Crippen LogP contribution is -2.12. The fourth-order valence-corrected chi connectivity index (χ4v) is 2.13. The van der Waals surface area contributed by atoms with Crippen molar-refractivity contribution in [2.24, 2.45) is 5.14 Å². The van der Waals surface area contributed by atoms with Crippen LogP contribution in [0.25, 0.3) is 5.69 Å². The zero-order valence-corrected chi connectivity index (χ0v) is 10.8. The molecule has 0 saturated heterocycles. The number of rotatable bonds is 3. The van der Waals surface area contributed by atoms with Gasteiger partial charge in [-0.15, -0.1) is 0 Å². The monoisotopic (exact) mass is 281 g/mol. The van der Waals surface area contributed by atoms with Crippen molar-refractivity contribution in [1.82, 2.24) is 9.78 Å². The Balaban J connectivity index is 2.46. The van der Waals surface area contributed by atoms with E-state index in [-0.39, 0.29) is 10.6 Å². The Hall–Kier alpha value is -2.19. The number of aromatic nitrogens is 2. The predicted molar refractivity (Wildman–Crippen MR) is 66.6 cm³/mol. The van der Waals surface area contributed by atoms with Crippen LogP contribution in [0.3, 0.4) is 0 Å². The zero-order valence-electron chi connectivity index (χ0n) is 9.94. The van der Waals surface area contributed by atoms with Gasteiger partial charge in [-0.05, 0) is 37.3 Å². The van der Waals surface area contributed by atoms with Gasteiger partial charge in [0, 0.05) is 5.69 Å². The molecule has 0 spiro atoms. The molecule has 3 N–H and O–H groups in total. The van der Waals surface area contributed by atoms with Crippen molar-refractivity contribution in [2.75, 3.05) is 0 Å². The van der Waals surface area contributed by atoms with Crippen LogP contribution >= 0.6 is 0 Å². The Kier molecular flexibility index (Phi) is 3.13. The summed E-state index contributed by atoms with van der Waals surface area (Å²) in [7, 11) is -3.74. The van der Waals surface area contributed by atoms with Gasteiger partial charge in [-0.1, -0.05) is 0 Å². The first-order chi connectivity index (χ1) is 8.79. The Morgan fingerprint density at radius 3 is 2.32 bits per heavy atom. The number of aryl methyl sites for hydroxylation is 1. The number of sulfonamides is 1. The Bertz CT molecular complexity index is 732. The summed E-state index contributed by atoms with van der Waals surface area (Å²) >= 11 is 0. The highest BCUT2D eigenvalue weighted by atomic mass is 32.2. The SMILES string of the molecule is Cc1cc(C(=O)O)nn1-c1ccc(S(N)(=O)=O)cc1. The van der Waals surface area contributed by atoms with Gasteiger partial charge >= 0.3 is 5.97 Å². The van der Waals surface area contributed by atoms with Gasteiger partial charge in [0.1, 0.15) is 0 Å². The van der Waals surface area contributed by atoms with E-state index >= 15 is 0 Å². The summed E-state index contributed by atoms with van der Waals surface area (Å²) in [5, 5.41) is 17.7. The number of carbonyl (C=O) groups is 1. The first-order valence-corrected chi connectivity index (χ1v) is 6.77. The second-order valence-corrected chi connectivity index (χ2v) is 5.49. The lowest BCUT2D eigenvalue weighted by Gasteiger charge is -2.05. The molecule has 0 unspecified atom stereocenters. The van der Waals surface area contributed by atoms with Crippen LogP contribution in [0.1, 0.15) is 16.2 Å². The van der Waals surface area contributed by atoms with Gasteiger partial charge in [-0.2, -0.15) is 5.10 Å². The number of primary sulfonamides is 1. The van der Waals surface area contributed by atoms with Crippen molar-refractivity contribution in [3.05, 3.63) is 41.7 Å². The van der Waals surface area contributed by atoms with E-state index in [0.29, 0.717) is 11.4 Å². The molecule has 0 aliphatic heterocycles. The lowest BCUT2D eigenvalue weighted by atomic mass is 10.3. The second-order valence-electron chi connectivity index (χ2n) is 3.93. The molecule has 0 aliphatic rings. The van der Waals surface area contributed by atoms with Gasteiger partial charge < -0.3 is 5.11 Å². The van der Waals surface area contributed by atoms with E-state index in [1.54, 1.807) is 6.92 Å². The highest BCUT2D eigenvalue weighted by molar-refractivity contribution is 7.89. The van der Waals surface area contributed by atoms with Crippen LogP contribution in [0.15, 0.2) is 35.2 Å². The van der Waals surface area contributed by atoms with E-state index < -0.39 is 16.0 Å². The minimum Gasteiger partial charge on any atom is -0.476 e. The molecule has 7 nitrogen and oxygen atoms in total. The number of carboxylic acid groups (broad SMARTS) is 1. The third-order valence-electron chi connectivity index (χ3n) is 2.52. The second kappa shape index (κ2) is 4.48. The summed E-state index contributed by atoms with van der Waals surface area (Å²) in [6, 6.07) is 7.12. The molecule has 0 fully saturated rings. The van der Waals surface area contributed by atoms with Crippen molar-refractivity contribution >= 4 is 16.0 Å². The fourth-order valence-electron chi connectivity index (χ4n) is 1.62. The molecular formula is C11H11N3O4S. The van der Waals surface area contributed by atoms with Crippen molar-refractivity contribution < 1.29 is 18.3 Å². The van der Waals surface area contributed by atoms with E-state index in [4.69, 9.17) is 10.2 Å². The molecule has 2 rings (SSSR count). The minimum atomic E-state index is -3.74. The molecule has 1 aromatic heterocycles. The molecule has 2 aromatic rings. The van der Waals surface area contributed by atoms with E-state index in [1.165, 1.54) is 35.0 Å². The predicted octanol–water partition coefficient (Wildman–Crippen LogP) is 0.526. The average molecular weight is 281 g/mol. The van der Waals surface area contributed by atoms with Crippen molar-refractivity contribution in [3.63, 3.8) is 0 Å². The number of benzene rings is 1. The molecular weight excluding hydrogens is 270 g/mol. The Morgan fingerprint density at radius 2 is 1.89 bits per heavy atom. The number of nitrogens with zero attached hydrogens (tertiary/aromatic N) is 2. The summed E-state index contributed by atoms with van der Waals surface area (Å²) in [6.07, 6.45) is 0. The van der Waals surface area contributed by atoms with Gasteiger partial charge in [0.25, 0.3) is 0 Å². The summed E-state index contributed by atoms with van der Waals surface area (Å²) < 4.78 is 23.7. The van der Waals surface area contributed by atoms with Crippen LogP contribution in [0.2, 0.25) is 0 Å². The van der Waals surface area contributed by atoms with Crippen LogP contribution < -0.4 is 5.14 Å². The largest absolute Gasteiger partial charge is 0.476 e. The first kappa shape index (κ1) is 13.2. The zero-order chi connectivity index (χ0) is 14.2. The number of aromatic carboxylic acids is 1. The number of carboxylic acids is 1. The molecule has 8 heteroatoms. The quantitative estimate of drug-likeness (QED) is 0.851. The summed E-state index contributed by atoms with van der Waals surface area (Å²) in [5.41, 5.74) is 1.10. The van der Waals surface area contributed by atoms with E-state index in [1.807, 2.05) is 0 Å². The molecule has 0 atom stereocenters. The van der Waals surface area contributed by atoms with Gasteiger partial charge in [0.15, 0.2) is 5.69 Å². The maximum Gasteiger partial charge on any atom is 0.356 e. The fraction of sp³-hybridized carbons (Fsp3) is 0.0909. The summed E-state index contributed by atoms with van der Waals surface area (Å²) in [4.78, 5) is 10.8. The topological polar surface area (TPSA) is 115 Å². The summed E-state index contributed by atoms with van der Waals surface area (Å²) in [5.74, 6) is -1.12. The smallest absolute Gasteiger partial charge is 0.356 e. The number of hydrogen-bond acceptors (Lipinski definition) is 4. The Labute approximate surface area is 109 Å². The normalized spacial score (nSPS) is 11.5. The van der Waals surface area contributed by atoms with Gasteiger partial charge in [0.05, 0.1) is 10.6 Å². The third-order valence-corrected chi connectivity index (χ3v) is 3.45. The van der Waals surface area contributed by atoms with Crippen LogP contribution in [0.5, 0.6) is 0 Å². The maximum atomic E-state index is 11.1. The van der Waals surface area contributed by atoms with E-state index in [2.05, 4.69) is 5.10 Å². The standard InChI is InChI=1S/C11H11N3O4S/c1-7-6-10(11(15)16)13-14(7)8-2-4-9(5-3-8)19(12,17)18/h2-6H,1H3,(H,15,16)(H2,12,17,18). The van der Waals surface area contributed by atoms with Crippen LogP contribution in [0.4, 0.5) is 0 Å². The number of nitrogens with two attached hydrogens (primary N) is 1. The molecule has 0 amide bonds. The van der Waals surface area contributed by atoms with Crippen LogP contribution in [-0.2, 0) is 10.0 Å². The van der Waals surface area contributed by atoms with E-state index in [9.17, 15) is 13.2 Å². The molecule has 0 saturated carbocycles. The molecule has 19 heavy (non-hydrogen) atoms. The molecule has 1 aromatic carbocycles. The lowest BCUT2D eigenvalue weighted by molar-refractivity contribution is 0.0690. The van der Waals surface area contributed by atoms with Crippen LogP contribution in [0, 0.1) is 6.92 Å². The Morgan fingerprint density at radius 1 is 1.32 bits per heavy atom. The highest BCUT2D eigenvalue weighted by Crippen LogP contribution is 2.15. The van der Waals surface area contributed by atoms with Crippen molar-refractivity contribution in [1.29, 1.82) is 0 Å². The molecule has 0 radical (unpaired) electrons. The van der Waals surface area contributed by atoms with Gasteiger partial charge in [0.2, 0.25) is 10.0 Å². The molecule has 100 valence electrons. The molecule has 0 bridgehead atoms. The number of hydrogen-bond donors (Lipinski definition) is 2. The van der Waals surface area contributed by atoms with Crippen LogP contribution in [-0.4, -0.2) is 29.3 Å². The molecule has 0 aliphatic carbocycles. The van der Waals surface area contributed by atoms with E-state index in [0.717, 1.165) is 0 Å². The highest BCUT2D eigenvalue weighted by Gasteiger charge is 2.12. The van der Waals surface area contributed by atoms with Gasteiger partial charge in [-0.25, -0.2) is 23.0 Å². The van der Waals surface area contributed by atoms with Crippen molar-refractivity contribution in [3.8, 4) is 5.69 Å². The first-order valence-electron chi connectivity index (χ1n) is 5.22.